The zero-order valence-corrected chi connectivity index (χ0v) is 8.76. The Hall–Kier alpha value is -0.620. The van der Waals surface area contributed by atoms with Crippen molar-refractivity contribution in [3.8, 4) is 0 Å². The average molecular weight is 291 g/mol. The molecule has 60 valence electrons. The third kappa shape index (κ3) is 1.21. The molecule has 4 nitrogen and oxygen atoms in total. The molecule has 1 aliphatic heterocycles. The number of aromatic nitrogens is 1. The number of hydrogen-bond donors (Lipinski definition) is 0. The maximum absolute atomic E-state index is 10.7. The molecule has 1 aromatic heterocycles. The molecule has 6 heteroatoms. The molecular weight excluding hydrogens is 290 g/mol. The Kier molecular flexibility index (Phi) is 1.80. The highest BCUT2D eigenvalue weighted by Gasteiger charge is 2.08. The fourth-order valence-corrected chi connectivity index (χ4v) is 1.42. The van der Waals surface area contributed by atoms with Gasteiger partial charge in [0.25, 0.3) is 0 Å². The van der Waals surface area contributed by atoms with Crippen LogP contribution in [0.3, 0.4) is 0 Å². The van der Waals surface area contributed by atoms with E-state index in [-0.39, 0.29) is 0 Å². The smallest absolute Gasteiger partial charge is 0.244 e. The second kappa shape index (κ2) is 2.70. The first-order chi connectivity index (χ1) is 5.66. The topological polar surface area (TPSA) is 54.7 Å². The van der Waals surface area contributed by atoms with Gasteiger partial charge in [0.1, 0.15) is 9.96 Å². The highest BCUT2D eigenvalue weighted by molar-refractivity contribution is 9.13. The summed E-state index contributed by atoms with van der Waals surface area (Å²) in [4.78, 5) is 21.9. The van der Waals surface area contributed by atoms with Crippen LogP contribution in [0.2, 0.25) is 0 Å². The molecule has 1 aromatic rings. The van der Waals surface area contributed by atoms with Crippen LogP contribution >= 0.6 is 31.9 Å². The molecule has 0 aliphatic carbocycles. The van der Waals surface area contributed by atoms with Gasteiger partial charge in [-0.3, -0.25) is 0 Å². The highest BCUT2D eigenvalue weighted by Crippen LogP contribution is 2.16. The standard InChI is InChI=1S/C6HBr2N3O/c7-2-1-3-5(10-4(2)8)11-6(12)9-3/h1H. The molecule has 0 unspecified atom stereocenters. The summed E-state index contributed by atoms with van der Waals surface area (Å²) in [5.41, 5.74) is 0.370. The second-order valence-corrected chi connectivity index (χ2v) is 3.72. The van der Waals surface area contributed by atoms with Crippen molar-refractivity contribution in [1.82, 2.24) is 4.98 Å². The van der Waals surface area contributed by atoms with E-state index in [1.165, 1.54) is 0 Å². The monoisotopic (exact) mass is 289 g/mol. The van der Waals surface area contributed by atoms with E-state index in [1.807, 2.05) is 0 Å². The predicted octanol–water partition coefficient (Wildman–Crippen LogP) is 0.979. The van der Waals surface area contributed by atoms with E-state index in [9.17, 15) is 4.79 Å². The number of nitrogens with zero attached hydrogens (tertiary/aromatic N) is 3. The molecule has 0 fully saturated rings. The molecule has 0 saturated heterocycles. The first-order valence-electron chi connectivity index (χ1n) is 3.00. The molecule has 0 radical (unpaired) electrons. The normalized spacial score (nSPS) is 13.7. The van der Waals surface area contributed by atoms with Gasteiger partial charge >= 0.3 is 6.03 Å². The lowest BCUT2D eigenvalue weighted by molar-refractivity contribution is 0.256. The van der Waals surface area contributed by atoms with Crippen LogP contribution in [-0.2, 0) is 0 Å². The van der Waals surface area contributed by atoms with Gasteiger partial charge in [-0.15, -0.1) is 0 Å². The summed E-state index contributed by atoms with van der Waals surface area (Å²) in [6.45, 7) is 0. The van der Waals surface area contributed by atoms with Crippen molar-refractivity contribution in [3.05, 3.63) is 26.0 Å². The number of rotatable bonds is 0. The van der Waals surface area contributed by atoms with Gasteiger partial charge in [0.2, 0.25) is 0 Å². The number of carbonyl (C=O) groups is 1. The summed E-state index contributed by atoms with van der Waals surface area (Å²) < 4.78 is 1.38. The summed E-state index contributed by atoms with van der Waals surface area (Å²) in [5, 5.41) is 0.509. The van der Waals surface area contributed by atoms with Gasteiger partial charge in [0.05, 0.1) is 4.47 Å². The molecule has 1 aliphatic rings. The minimum atomic E-state index is -0.498. The Balaban J connectivity index is 2.89. The number of amides is 2. The van der Waals surface area contributed by atoms with E-state index in [1.54, 1.807) is 6.07 Å². The van der Waals surface area contributed by atoms with E-state index in [0.717, 1.165) is 4.47 Å². The molecule has 0 spiro atoms. The van der Waals surface area contributed by atoms with Crippen molar-refractivity contribution in [3.63, 3.8) is 0 Å². The Morgan fingerprint density at radius 3 is 2.75 bits per heavy atom. The lowest BCUT2D eigenvalue weighted by Crippen LogP contribution is -2.25. The van der Waals surface area contributed by atoms with Gasteiger partial charge in [0.15, 0.2) is 5.49 Å². The van der Waals surface area contributed by atoms with Crippen molar-refractivity contribution in [2.24, 2.45) is 9.98 Å². The summed E-state index contributed by atoms with van der Waals surface area (Å²) >= 11 is 6.44. The maximum Gasteiger partial charge on any atom is 0.369 e. The number of halogens is 2. The molecular formula is C6HBr2N3O. The third-order valence-electron chi connectivity index (χ3n) is 1.31. The van der Waals surface area contributed by atoms with Crippen LogP contribution in [0.15, 0.2) is 25.1 Å². The van der Waals surface area contributed by atoms with Crippen molar-refractivity contribution in [1.29, 1.82) is 0 Å². The molecule has 2 amide bonds. The van der Waals surface area contributed by atoms with Gasteiger partial charge in [-0.1, -0.05) is 0 Å². The molecule has 0 bridgehead atoms. The molecule has 12 heavy (non-hydrogen) atoms. The van der Waals surface area contributed by atoms with Crippen LogP contribution in [0.25, 0.3) is 0 Å². The van der Waals surface area contributed by atoms with E-state index in [2.05, 4.69) is 46.8 Å². The zero-order chi connectivity index (χ0) is 8.72. The fourth-order valence-electron chi connectivity index (χ4n) is 0.831. The van der Waals surface area contributed by atoms with E-state index in [0.29, 0.717) is 15.4 Å². The van der Waals surface area contributed by atoms with Gasteiger partial charge in [-0.2, -0.15) is 9.98 Å². The third-order valence-corrected chi connectivity index (χ3v) is 3.05. The van der Waals surface area contributed by atoms with Crippen LogP contribution in [0, 0.1) is 0 Å². The number of carbonyl (C=O) groups excluding carboxylic acids is 1. The Morgan fingerprint density at radius 1 is 1.25 bits per heavy atom. The summed E-state index contributed by atoms with van der Waals surface area (Å²) in [5.74, 6) is 0. The van der Waals surface area contributed by atoms with Crippen molar-refractivity contribution in [2.45, 2.75) is 0 Å². The first kappa shape index (κ1) is 8.00. The largest absolute Gasteiger partial charge is 0.369 e. The number of fused-ring (bicyclic) bond motifs is 1. The lowest BCUT2D eigenvalue weighted by atomic mass is 10.5. The van der Waals surface area contributed by atoms with Gasteiger partial charge in [0, 0.05) is 0 Å². The predicted molar refractivity (Wildman–Crippen MR) is 47.3 cm³/mol. The summed E-state index contributed by atoms with van der Waals surface area (Å²) in [7, 11) is 0. The maximum atomic E-state index is 10.7. The van der Waals surface area contributed by atoms with Gasteiger partial charge in [-0.05, 0) is 37.9 Å². The number of pyridine rings is 1. The number of urea groups is 1. The molecule has 0 aromatic carbocycles. The Morgan fingerprint density at radius 2 is 2.00 bits per heavy atom. The second-order valence-electron chi connectivity index (χ2n) is 2.11. The van der Waals surface area contributed by atoms with E-state index < -0.39 is 6.03 Å². The first-order valence-corrected chi connectivity index (χ1v) is 4.59. The molecule has 0 saturated carbocycles. The Bertz CT molecular complexity index is 439. The van der Waals surface area contributed by atoms with Gasteiger partial charge in [-0.25, -0.2) is 9.78 Å². The zero-order valence-electron chi connectivity index (χ0n) is 5.58. The van der Waals surface area contributed by atoms with Crippen LogP contribution in [0.1, 0.15) is 0 Å². The van der Waals surface area contributed by atoms with Crippen LogP contribution in [0.4, 0.5) is 4.79 Å². The van der Waals surface area contributed by atoms with Crippen molar-refractivity contribution >= 4 is 37.9 Å². The minimum Gasteiger partial charge on any atom is -0.244 e. The SMILES string of the molecule is O=C1N=c2cc(Br)c(Br)nc2=N1. The van der Waals surface area contributed by atoms with E-state index in [4.69, 9.17) is 0 Å². The highest BCUT2D eigenvalue weighted by atomic mass is 79.9. The average Bonchev–Trinajstić information content (AvgIpc) is 2.30. The quantitative estimate of drug-likeness (QED) is 0.669. The van der Waals surface area contributed by atoms with Crippen molar-refractivity contribution < 1.29 is 4.79 Å². The van der Waals surface area contributed by atoms with Crippen LogP contribution < -0.4 is 10.8 Å². The Labute approximate surface area is 83.7 Å². The van der Waals surface area contributed by atoms with Crippen LogP contribution in [0.5, 0.6) is 0 Å². The lowest BCUT2D eigenvalue weighted by Gasteiger charge is -1.89. The summed E-state index contributed by atoms with van der Waals surface area (Å²) in [6, 6.07) is 1.20. The molecule has 0 atom stereocenters. The molecule has 2 heterocycles. The van der Waals surface area contributed by atoms with Crippen LogP contribution in [-0.4, -0.2) is 11.0 Å². The number of hydrogen-bond acceptors (Lipinski definition) is 2. The fraction of sp³-hybridized carbons (Fsp3) is 0. The van der Waals surface area contributed by atoms with E-state index >= 15 is 0 Å². The minimum absolute atomic E-state index is 0.370. The van der Waals surface area contributed by atoms with Gasteiger partial charge < -0.3 is 0 Å². The molecule has 2 rings (SSSR count). The van der Waals surface area contributed by atoms with Crippen molar-refractivity contribution in [2.75, 3.05) is 0 Å². The summed E-state index contributed by atoms with van der Waals surface area (Å²) in [6.07, 6.45) is 0. The molecule has 0 N–H and O–H groups in total.